The van der Waals surface area contributed by atoms with E-state index in [9.17, 15) is 14.0 Å². The normalized spacial score (nSPS) is 14.3. The van der Waals surface area contributed by atoms with Gasteiger partial charge in [0.15, 0.2) is 0 Å². The van der Waals surface area contributed by atoms with Gasteiger partial charge in [-0.2, -0.15) is 0 Å². The first kappa shape index (κ1) is 21.9. The quantitative estimate of drug-likeness (QED) is 0.623. The molecular weight excluding hydrogens is 407 g/mol. The molecule has 0 radical (unpaired) electrons. The summed E-state index contributed by atoms with van der Waals surface area (Å²) >= 11 is 5.95. The Labute approximate surface area is 180 Å². The maximum absolute atomic E-state index is 12.9. The number of nitrogens with zero attached hydrogens (tertiary/aromatic N) is 1. The van der Waals surface area contributed by atoms with Crippen molar-refractivity contribution in [3.8, 4) is 0 Å². The van der Waals surface area contributed by atoms with E-state index in [1.165, 1.54) is 12.1 Å². The van der Waals surface area contributed by atoms with Gasteiger partial charge in [0.05, 0.1) is 0 Å². The van der Waals surface area contributed by atoms with Gasteiger partial charge >= 0.3 is 12.1 Å². The van der Waals surface area contributed by atoms with E-state index in [0.29, 0.717) is 42.8 Å². The molecule has 6 nitrogen and oxygen atoms in total. The van der Waals surface area contributed by atoms with Gasteiger partial charge in [0.1, 0.15) is 5.82 Å². The lowest BCUT2D eigenvalue weighted by molar-refractivity contribution is 0.179. The maximum Gasteiger partial charge on any atom is 0.321 e. The van der Waals surface area contributed by atoms with Crippen LogP contribution in [0.5, 0.6) is 0 Å². The van der Waals surface area contributed by atoms with Crippen LogP contribution in [0.2, 0.25) is 5.02 Å². The number of hydrogen-bond acceptors (Lipinski definition) is 2. The number of rotatable bonds is 6. The van der Waals surface area contributed by atoms with Crippen LogP contribution in [0.3, 0.4) is 0 Å². The Morgan fingerprint density at radius 3 is 2.50 bits per heavy atom. The number of benzene rings is 2. The van der Waals surface area contributed by atoms with E-state index in [4.69, 9.17) is 11.6 Å². The third kappa shape index (κ3) is 6.91. The van der Waals surface area contributed by atoms with Gasteiger partial charge in [-0.25, -0.2) is 14.0 Å². The standard InChI is InChI=1S/C22H26ClFN4O2/c23-18-2-1-3-20(14-18)27-22(30)28-12-9-16(10-13-28)8-11-25-21(29)26-15-17-4-6-19(24)7-5-17/h1-7,14,16H,8-13,15H2,(H,27,30)(H2,25,26,29). The fraction of sp³-hybridized carbons (Fsp3) is 0.364. The molecule has 0 aromatic heterocycles. The first-order valence-corrected chi connectivity index (χ1v) is 10.4. The molecule has 1 aliphatic rings. The van der Waals surface area contributed by atoms with E-state index in [1.807, 2.05) is 6.07 Å². The molecule has 0 spiro atoms. The molecule has 1 aliphatic heterocycles. The predicted octanol–water partition coefficient (Wildman–Crippen LogP) is 4.61. The SMILES string of the molecule is O=C(NCCC1CCN(C(=O)Nc2cccc(Cl)c2)CC1)NCc1ccc(F)cc1. The lowest BCUT2D eigenvalue weighted by atomic mass is 9.94. The molecule has 3 rings (SSSR count). The van der Waals surface area contributed by atoms with Crippen molar-refractivity contribution >= 4 is 29.4 Å². The number of nitrogens with one attached hydrogen (secondary N) is 3. The highest BCUT2D eigenvalue weighted by atomic mass is 35.5. The third-order valence-electron chi connectivity index (χ3n) is 5.18. The molecule has 8 heteroatoms. The minimum atomic E-state index is -0.295. The highest BCUT2D eigenvalue weighted by Crippen LogP contribution is 2.21. The van der Waals surface area contributed by atoms with E-state index >= 15 is 0 Å². The largest absolute Gasteiger partial charge is 0.338 e. The fourth-order valence-electron chi connectivity index (χ4n) is 3.43. The van der Waals surface area contributed by atoms with Crippen LogP contribution in [-0.2, 0) is 6.54 Å². The number of amides is 4. The Hall–Kier alpha value is -2.80. The van der Waals surface area contributed by atoms with Gasteiger partial charge in [0, 0.05) is 36.9 Å². The Balaban J connectivity index is 1.30. The molecule has 1 fully saturated rings. The summed E-state index contributed by atoms with van der Waals surface area (Å²) in [5.41, 5.74) is 1.53. The summed E-state index contributed by atoms with van der Waals surface area (Å²) in [5.74, 6) is 0.175. The zero-order valence-electron chi connectivity index (χ0n) is 16.7. The fourth-order valence-corrected chi connectivity index (χ4v) is 3.62. The first-order valence-electron chi connectivity index (χ1n) is 10.1. The van der Waals surface area contributed by atoms with E-state index in [0.717, 1.165) is 24.8 Å². The van der Waals surface area contributed by atoms with Crippen molar-refractivity contribution < 1.29 is 14.0 Å². The predicted molar refractivity (Wildman–Crippen MR) is 116 cm³/mol. The first-order chi connectivity index (χ1) is 14.5. The number of anilines is 1. The highest BCUT2D eigenvalue weighted by Gasteiger charge is 2.22. The zero-order chi connectivity index (χ0) is 21.3. The monoisotopic (exact) mass is 432 g/mol. The third-order valence-corrected chi connectivity index (χ3v) is 5.42. The van der Waals surface area contributed by atoms with Crippen molar-refractivity contribution in [3.63, 3.8) is 0 Å². The lowest BCUT2D eigenvalue weighted by Crippen LogP contribution is -2.42. The average molecular weight is 433 g/mol. The van der Waals surface area contributed by atoms with Crippen LogP contribution in [0, 0.1) is 11.7 Å². The molecule has 0 atom stereocenters. The number of likely N-dealkylation sites (tertiary alicyclic amines) is 1. The Bertz CT molecular complexity index is 854. The Kier molecular flexibility index (Phi) is 7.90. The average Bonchev–Trinajstić information content (AvgIpc) is 2.74. The summed E-state index contributed by atoms with van der Waals surface area (Å²) in [5, 5.41) is 9.07. The van der Waals surface area contributed by atoms with Gasteiger partial charge in [0.2, 0.25) is 0 Å². The van der Waals surface area contributed by atoms with Crippen LogP contribution >= 0.6 is 11.6 Å². The summed E-state index contributed by atoms with van der Waals surface area (Å²) in [6.45, 7) is 2.31. The molecule has 0 bridgehead atoms. The number of carbonyl (C=O) groups excluding carboxylic acids is 2. The van der Waals surface area contributed by atoms with E-state index < -0.39 is 0 Å². The number of piperidine rings is 1. The summed E-state index contributed by atoms with van der Waals surface area (Å²) in [6, 6.07) is 12.8. The molecule has 0 aliphatic carbocycles. The summed E-state index contributed by atoms with van der Waals surface area (Å²) in [4.78, 5) is 26.1. The molecular formula is C22H26ClFN4O2. The van der Waals surface area contributed by atoms with Crippen LogP contribution in [0.4, 0.5) is 19.7 Å². The second-order valence-corrected chi connectivity index (χ2v) is 7.83. The summed E-state index contributed by atoms with van der Waals surface area (Å²) < 4.78 is 12.9. The van der Waals surface area contributed by atoms with Crippen LogP contribution in [-0.4, -0.2) is 36.6 Å². The Morgan fingerprint density at radius 1 is 1.07 bits per heavy atom. The molecule has 160 valence electrons. The molecule has 2 aromatic rings. The van der Waals surface area contributed by atoms with Crippen molar-refractivity contribution in [3.05, 3.63) is 64.9 Å². The van der Waals surface area contributed by atoms with Crippen LogP contribution in [0.15, 0.2) is 48.5 Å². The van der Waals surface area contributed by atoms with Gasteiger partial charge in [-0.05, 0) is 61.1 Å². The van der Waals surface area contributed by atoms with Crippen molar-refractivity contribution in [2.24, 2.45) is 5.92 Å². The molecule has 1 saturated heterocycles. The van der Waals surface area contributed by atoms with Gasteiger partial charge in [0.25, 0.3) is 0 Å². The minimum absolute atomic E-state index is 0.117. The van der Waals surface area contributed by atoms with Gasteiger partial charge < -0.3 is 20.9 Å². The van der Waals surface area contributed by atoms with Crippen LogP contribution < -0.4 is 16.0 Å². The van der Waals surface area contributed by atoms with Crippen molar-refractivity contribution in [1.29, 1.82) is 0 Å². The van der Waals surface area contributed by atoms with Crippen molar-refractivity contribution in [1.82, 2.24) is 15.5 Å². The molecule has 30 heavy (non-hydrogen) atoms. The van der Waals surface area contributed by atoms with Gasteiger partial charge in [-0.1, -0.05) is 29.8 Å². The molecule has 1 heterocycles. The van der Waals surface area contributed by atoms with Gasteiger partial charge in [-0.3, -0.25) is 0 Å². The Morgan fingerprint density at radius 2 is 1.80 bits per heavy atom. The van der Waals surface area contributed by atoms with E-state index in [-0.39, 0.29) is 17.9 Å². The zero-order valence-corrected chi connectivity index (χ0v) is 17.4. The number of halogens is 2. The van der Waals surface area contributed by atoms with E-state index in [1.54, 1.807) is 35.2 Å². The maximum atomic E-state index is 12.9. The summed E-state index contributed by atoms with van der Waals surface area (Å²) in [6.07, 6.45) is 2.68. The molecule has 0 unspecified atom stereocenters. The second-order valence-electron chi connectivity index (χ2n) is 7.40. The molecule has 2 aromatic carbocycles. The summed E-state index contributed by atoms with van der Waals surface area (Å²) in [7, 11) is 0. The van der Waals surface area contributed by atoms with Crippen molar-refractivity contribution in [2.75, 3.05) is 25.0 Å². The lowest BCUT2D eigenvalue weighted by Gasteiger charge is -2.32. The number of urea groups is 2. The van der Waals surface area contributed by atoms with Crippen molar-refractivity contribution in [2.45, 2.75) is 25.8 Å². The number of hydrogen-bond donors (Lipinski definition) is 3. The highest BCUT2D eigenvalue weighted by molar-refractivity contribution is 6.30. The molecule has 4 amide bonds. The smallest absolute Gasteiger partial charge is 0.321 e. The topological polar surface area (TPSA) is 73.5 Å². The molecule has 3 N–H and O–H groups in total. The molecule has 0 saturated carbocycles. The van der Waals surface area contributed by atoms with Crippen LogP contribution in [0.1, 0.15) is 24.8 Å². The minimum Gasteiger partial charge on any atom is -0.338 e. The van der Waals surface area contributed by atoms with E-state index in [2.05, 4.69) is 16.0 Å². The van der Waals surface area contributed by atoms with Crippen LogP contribution in [0.25, 0.3) is 0 Å². The second kappa shape index (κ2) is 10.8. The van der Waals surface area contributed by atoms with Gasteiger partial charge in [-0.15, -0.1) is 0 Å². The number of carbonyl (C=O) groups is 2.